The molecule has 2 aromatic rings. The largest absolute Gasteiger partial charge is 0.461 e. The van der Waals surface area contributed by atoms with Crippen LogP contribution in [-0.2, 0) is 32.3 Å². The van der Waals surface area contributed by atoms with Gasteiger partial charge in [-0.05, 0) is 35.0 Å². The summed E-state index contributed by atoms with van der Waals surface area (Å²) in [5, 5.41) is 2.01. The van der Waals surface area contributed by atoms with Crippen LogP contribution < -0.4 is 0 Å². The van der Waals surface area contributed by atoms with Gasteiger partial charge < -0.3 is 9.47 Å². The van der Waals surface area contributed by atoms with Gasteiger partial charge >= 0.3 is 11.9 Å². The maximum atomic E-state index is 10.9. The van der Waals surface area contributed by atoms with Crippen LogP contribution in [0.3, 0.4) is 0 Å². The topological polar surface area (TPSA) is 52.6 Å². The second kappa shape index (κ2) is 7.24. The fourth-order valence-electron chi connectivity index (χ4n) is 1.97. The van der Waals surface area contributed by atoms with Crippen LogP contribution in [0.5, 0.6) is 0 Å². The number of hydrogen-bond donors (Lipinski definition) is 0. The van der Waals surface area contributed by atoms with Crippen LogP contribution >= 0.6 is 31.9 Å². The first kappa shape index (κ1) is 17.0. The fraction of sp³-hybridized carbons (Fsp3) is 0.250. The Morgan fingerprint density at radius 3 is 1.55 bits per heavy atom. The number of ether oxygens (including phenoxy) is 2. The van der Waals surface area contributed by atoms with Crippen molar-refractivity contribution in [2.45, 2.75) is 27.1 Å². The molecule has 6 heteroatoms. The lowest BCUT2D eigenvalue weighted by Gasteiger charge is -2.11. The van der Waals surface area contributed by atoms with Gasteiger partial charge in [-0.25, -0.2) is 0 Å². The first-order chi connectivity index (χ1) is 10.4. The first-order valence-electron chi connectivity index (χ1n) is 6.54. The highest BCUT2D eigenvalue weighted by molar-refractivity contribution is 9.10. The van der Waals surface area contributed by atoms with E-state index in [4.69, 9.17) is 9.47 Å². The molecule has 22 heavy (non-hydrogen) atoms. The number of rotatable bonds is 4. The third-order valence-corrected chi connectivity index (χ3v) is 4.51. The van der Waals surface area contributed by atoms with Crippen LogP contribution in [0.2, 0.25) is 0 Å². The monoisotopic (exact) mass is 428 g/mol. The number of carbonyl (C=O) groups excluding carboxylic acids is 2. The fourth-order valence-corrected chi connectivity index (χ4v) is 2.92. The summed E-state index contributed by atoms with van der Waals surface area (Å²) < 4.78 is 11.8. The highest BCUT2D eigenvalue weighted by atomic mass is 79.9. The Morgan fingerprint density at radius 2 is 1.18 bits per heavy atom. The Bertz CT molecular complexity index is 682. The molecule has 0 aliphatic rings. The average molecular weight is 430 g/mol. The Kier molecular flexibility index (Phi) is 5.58. The van der Waals surface area contributed by atoms with Crippen molar-refractivity contribution in [1.29, 1.82) is 0 Å². The number of carbonyl (C=O) groups is 2. The van der Waals surface area contributed by atoms with Crippen molar-refractivity contribution >= 4 is 54.6 Å². The molecule has 0 radical (unpaired) electrons. The molecule has 0 saturated carbocycles. The van der Waals surface area contributed by atoms with E-state index in [9.17, 15) is 9.59 Å². The lowest BCUT2D eigenvalue weighted by molar-refractivity contribution is -0.143. The maximum Gasteiger partial charge on any atom is 0.302 e. The molecule has 116 valence electrons. The summed E-state index contributed by atoms with van der Waals surface area (Å²) in [4.78, 5) is 21.9. The Morgan fingerprint density at radius 1 is 0.818 bits per heavy atom. The molecule has 0 bridgehead atoms. The summed E-state index contributed by atoms with van der Waals surface area (Å²) in [6.07, 6.45) is 0. The molecule has 0 aliphatic heterocycles. The van der Waals surface area contributed by atoms with Gasteiger partial charge in [0, 0.05) is 33.9 Å². The first-order valence-corrected chi connectivity index (χ1v) is 8.12. The molecular weight excluding hydrogens is 416 g/mol. The van der Waals surface area contributed by atoms with E-state index in [0.717, 1.165) is 30.8 Å². The van der Waals surface area contributed by atoms with E-state index in [1.807, 2.05) is 24.3 Å². The Hall–Kier alpha value is -1.40. The van der Waals surface area contributed by atoms with Gasteiger partial charge in [-0.1, -0.05) is 31.9 Å². The van der Waals surface area contributed by atoms with Crippen LogP contribution in [0.15, 0.2) is 33.2 Å². The number of esters is 2. The predicted octanol–water partition coefficient (Wildman–Crippen LogP) is 4.49. The van der Waals surface area contributed by atoms with E-state index >= 15 is 0 Å². The van der Waals surface area contributed by atoms with E-state index < -0.39 is 0 Å². The molecule has 0 aromatic heterocycles. The quantitative estimate of drug-likeness (QED) is 0.672. The van der Waals surface area contributed by atoms with E-state index in [2.05, 4.69) is 31.9 Å². The summed E-state index contributed by atoms with van der Waals surface area (Å²) in [5.74, 6) is -0.642. The second-order valence-corrected chi connectivity index (χ2v) is 6.50. The van der Waals surface area contributed by atoms with Crippen molar-refractivity contribution in [2.75, 3.05) is 0 Å². The SMILES string of the molecule is CC(=O)OCc1cc2cc(COC(C)=O)c(Br)cc2cc1Br. The van der Waals surface area contributed by atoms with Crippen molar-refractivity contribution in [3.63, 3.8) is 0 Å². The molecule has 0 unspecified atom stereocenters. The van der Waals surface area contributed by atoms with Gasteiger partial charge in [0.05, 0.1) is 0 Å². The van der Waals surface area contributed by atoms with Crippen molar-refractivity contribution in [1.82, 2.24) is 0 Å². The van der Waals surface area contributed by atoms with E-state index in [1.165, 1.54) is 13.8 Å². The minimum Gasteiger partial charge on any atom is -0.461 e. The summed E-state index contributed by atoms with van der Waals surface area (Å²) in [6, 6.07) is 7.83. The molecule has 0 heterocycles. The normalized spacial score (nSPS) is 10.5. The molecule has 4 nitrogen and oxygen atoms in total. The minimum absolute atomic E-state index is 0.210. The highest BCUT2D eigenvalue weighted by Crippen LogP contribution is 2.30. The Balaban J connectivity index is 2.38. The van der Waals surface area contributed by atoms with Crippen LogP contribution in [-0.4, -0.2) is 11.9 Å². The zero-order valence-corrected chi connectivity index (χ0v) is 15.3. The zero-order valence-electron chi connectivity index (χ0n) is 12.1. The number of halogens is 2. The molecule has 2 rings (SSSR count). The maximum absolute atomic E-state index is 10.9. The lowest BCUT2D eigenvalue weighted by atomic mass is 10.0. The van der Waals surface area contributed by atoms with Crippen LogP contribution in [0.25, 0.3) is 10.8 Å². The number of fused-ring (bicyclic) bond motifs is 1. The van der Waals surface area contributed by atoms with Gasteiger partial charge in [0.15, 0.2) is 0 Å². The molecule has 0 saturated heterocycles. The van der Waals surface area contributed by atoms with E-state index in [0.29, 0.717) is 0 Å². The smallest absolute Gasteiger partial charge is 0.302 e. The highest BCUT2D eigenvalue weighted by Gasteiger charge is 2.09. The summed E-state index contributed by atoms with van der Waals surface area (Å²) in [6.45, 7) is 3.18. The summed E-state index contributed by atoms with van der Waals surface area (Å²) in [7, 11) is 0. The second-order valence-electron chi connectivity index (χ2n) is 4.79. The number of hydrogen-bond acceptors (Lipinski definition) is 4. The molecule has 0 amide bonds. The predicted molar refractivity (Wildman–Crippen MR) is 90.3 cm³/mol. The van der Waals surface area contributed by atoms with Crippen molar-refractivity contribution in [2.24, 2.45) is 0 Å². The molecule has 0 fully saturated rings. The van der Waals surface area contributed by atoms with Crippen LogP contribution in [0.4, 0.5) is 0 Å². The standard InChI is InChI=1S/C16H14Br2O4/c1-9(19)21-7-13-3-11-4-14(8-22-10(2)20)16(18)6-12(11)5-15(13)17/h3-6H,7-8H2,1-2H3. The molecule has 2 aromatic carbocycles. The summed E-state index contributed by atoms with van der Waals surface area (Å²) in [5.41, 5.74) is 1.76. The van der Waals surface area contributed by atoms with Gasteiger partial charge in [0.1, 0.15) is 13.2 Å². The Labute approximate surface area is 145 Å². The molecule has 0 N–H and O–H groups in total. The molecule has 0 atom stereocenters. The van der Waals surface area contributed by atoms with Crippen LogP contribution in [0, 0.1) is 0 Å². The molecule has 0 spiro atoms. The third-order valence-electron chi connectivity index (χ3n) is 3.03. The molecule has 0 aliphatic carbocycles. The van der Waals surface area contributed by atoms with Gasteiger partial charge in [-0.2, -0.15) is 0 Å². The molecular formula is C16H14Br2O4. The average Bonchev–Trinajstić information content (AvgIpc) is 2.43. The van der Waals surface area contributed by atoms with Crippen LogP contribution in [0.1, 0.15) is 25.0 Å². The van der Waals surface area contributed by atoms with Crippen molar-refractivity contribution in [3.8, 4) is 0 Å². The van der Waals surface area contributed by atoms with E-state index in [1.54, 1.807) is 0 Å². The van der Waals surface area contributed by atoms with E-state index in [-0.39, 0.29) is 25.2 Å². The van der Waals surface area contributed by atoms with Gasteiger partial charge in [0.25, 0.3) is 0 Å². The summed E-state index contributed by atoms with van der Waals surface area (Å²) >= 11 is 6.97. The van der Waals surface area contributed by atoms with Gasteiger partial charge in [-0.3, -0.25) is 9.59 Å². The van der Waals surface area contributed by atoms with Crippen molar-refractivity contribution < 1.29 is 19.1 Å². The van der Waals surface area contributed by atoms with Gasteiger partial charge in [-0.15, -0.1) is 0 Å². The van der Waals surface area contributed by atoms with Gasteiger partial charge in [0.2, 0.25) is 0 Å². The minimum atomic E-state index is -0.321. The van der Waals surface area contributed by atoms with Crippen molar-refractivity contribution in [3.05, 3.63) is 44.3 Å². The number of benzene rings is 2. The zero-order chi connectivity index (χ0) is 16.3. The third kappa shape index (κ3) is 4.30. The lowest BCUT2D eigenvalue weighted by Crippen LogP contribution is -2.01.